The Labute approximate surface area is 170 Å². The van der Waals surface area contributed by atoms with E-state index in [2.05, 4.69) is 10.4 Å². The molecule has 1 heterocycles. The second-order valence-corrected chi connectivity index (χ2v) is 6.99. The van der Waals surface area contributed by atoms with Crippen LogP contribution in [0.4, 0.5) is 5.69 Å². The zero-order chi connectivity index (χ0) is 20.1. The molecule has 0 aliphatic rings. The van der Waals surface area contributed by atoms with Gasteiger partial charge in [-0.3, -0.25) is 4.79 Å². The zero-order valence-electron chi connectivity index (χ0n) is 16.3. The molecule has 0 aliphatic carbocycles. The van der Waals surface area contributed by atoms with Crippen LogP contribution in [0.5, 0.6) is 0 Å². The molecular weight excluding hydrogens is 374 g/mol. The molecule has 3 rings (SSSR count). The van der Waals surface area contributed by atoms with Crippen molar-refractivity contribution in [3.05, 3.63) is 76.1 Å². The van der Waals surface area contributed by atoms with Crippen LogP contribution in [0.1, 0.15) is 29.4 Å². The average molecular weight is 398 g/mol. The first-order chi connectivity index (χ1) is 13.5. The standard InChI is InChI=1S/C22H24ClN3O2/c1-4-28-14-17-7-5-6-8-21(17)24-22(27)13-20-15(2)25-26(16(20)3)19-11-9-18(23)10-12-19/h5-12H,4,13-14H2,1-3H3,(H,24,27). The minimum absolute atomic E-state index is 0.0780. The summed E-state index contributed by atoms with van der Waals surface area (Å²) >= 11 is 5.97. The first-order valence-corrected chi connectivity index (χ1v) is 9.64. The number of ether oxygens (including phenoxy) is 1. The Morgan fingerprint density at radius 2 is 1.86 bits per heavy atom. The monoisotopic (exact) mass is 397 g/mol. The third kappa shape index (κ3) is 4.61. The number of carbonyl (C=O) groups excluding carboxylic acids is 1. The van der Waals surface area contributed by atoms with Crippen molar-refractivity contribution in [1.29, 1.82) is 0 Å². The maximum absolute atomic E-state index is 12.7. The van der Waals surface area contributed by atoms with Gasteiger partial charge in [0.25, 0.3) is 0 Å². The summed E-state index contributed by atoms with van der Waals surface area (Å²) in [5.74, 6) is -0.0780. The molecule has 1 N–H and O–H groups in total. The van der Waals surface area contributed by atoms with Crippen molar-refractivity contribution in [2.24, 2.45) is 0 Å². The fourth-order valence-corrected chi connectivity index (χ4v) is 3.23. The van der Waals surface area contributed by atoms with Gasteiger partial charge in [-0.05, 0) is 51.1 Å². The fourth-order valence-electron chi connectivity index (χ4n) is 3.10. The SMILES string of the molecule is CCOCc1ccccc1NC(=O)Cc1c(C)nn(-c2ccc(Cl)cc2)c1C. The number of halogens is 1. The van der Waals surface area contributed by atoms with E-state index in [4.69, 9.17) is 16.3 Å². The molecule has 2 aromatic carbocycles. The van der Waals surface area contributed by atoms with Crippen LogP contribution in [0.15, 0.2) is 48.5 Å². The van der Waals surface area contributed by atoms with E-state index in [0.29, 0.717) is 18.2 Å². The van der Waals surface area contributed by atoms with Gasteiger partial charge in [0.15, 0.2) is 0 Å². The number of anilines is 1. The molecule has 0 bridgehead atoms. The number of benzene rings is 2. The molecule has 5 nitrogen and oxygen atoms in total. The molecule has 3 aromatic rings. The van der Waals surface area contributed by atoms with E-state index >= 15 is 0 Å². The number of para-hydroxylation sites is 1. The molecule has 1 amide bonds. The number of aryl methyl sites for hydroxylation is 1. The zero-order valence-corrected chi connectivity index (χ0v) is 17.1. The Bertz CT molecular complexity index is 964. The molecule has 28 heavy (non-hydrogen) atoms. The van der Waals surface area contributed by atoms with Crippen molar-refractivity contribution in [2.45, 2.75) is 33.8 Å². The topological polar surface area (TPSA) is 56.1 Å². The van der Waals surface area contributed by atoms with Crippen LogP contribution in [-0.4, -0.2) is 22.3 Å². The third-order valence-corrected chi connectivity index (χ3v) is 4.85. The number of rotatable bonds is 7. The predicted molar refractivity (Wildman–Crippen MR) is 112 cm³/mol. The van der Waals surface area contributed by atoms with Crippen LogP contribution in [-0.2, 0) is 22.6 Å². The predicted octanol–water partition coefficient (Wildman–Crippen LogP) is 4.86. The smallest absolute Gasteiger partial charge is 0.228 e. The molecule has 0 saturated heterocycles. The number of aromatic nitrogens is 2. The minimum Gasteiger partial charge on any atom is -0.377 e. The van der Waals surface area contributed by atoms with Crippen molar-refractivity contribution in [1.82, 2.24) is 9.78 Å². The highest BCUT2D eigenvalue weighted by Crippen LogP contribution is 2.21. The molecular formula is C22H24ClN3O2. The van der Waals surface area contributed by atoms with Crippen LogP contribution in [0.25, 0.3) is 5.69 Å². The van der Waals surface area contributed by atoms with Gasteiger partial charge in [0.05, 0.1) is 24.4 Å². The van der Waals surface area contributed by atoms with Gasteiger partial charge in [-0.1, -0.05) is 29.8 Å². The normalized spacial score (nSPS) is 10.9. The molecule has 0 fully saturated rings. The number of hydrogen-bond acceptors (Lipinski definition) is 3. The first kappa shape index (κ1) is 20.1. The summed E-state index contributed by atoms with van der Waals surface area (Å²) in [6.07, 6.45) is 0.258. The van der Waals surface area contributed by atoms with Crippen molar-refractivity contribution in [2.75, 3.05) is 11.9 Å². The molecule has 0 saturated carbocycles. The maximum atomic E-state index is 12.7. The molecule has 0 spiro atoms. The van der Waals surface area contributed by atoms with Gasteiger partial charge in [0, 0.05) is 34.1 Å². The summed E-state index contributed by atoms with van der Waals surface area (Å²) in [5, 5.41) is 8.28. The number of nitrogens with zero attached hydrogens (tertiary/aromatic N) is 2. The summed E-state index contributed by atoms with van der Waals surface area (Å²) in [4.78, 5) is 12.7. The fraction of sp³-hybridized carbons (Fsp3) is 0.273. The molecule has 6 heteroatoms. The van der Waals surface area contributed by atoms with Crippen LogP contribution in [0.2, 0.25) is 5.02 Å². The van der Waals surface area contributed by atoms with Crippen molar-refractivity contribution in [3.8, 4) is 5.69 Å². The van der Waals surface area contributed by atoms with E-state index in [9.17, 15) is 4.79 Å². The lowest BCUT2D eigenvalue weighted by atomic mass is 10.1. The van der Waals surface area contributed by atoms with E-state index in [1.165, 1.54) is 0 Å². The Balaban J connectivity index is 1.77. The molecule has 0 aliphatic heterocycles. The first-order valence-electron chi connectivity index (χ1n) is 9.26. The number of amides is 1. The van der Waals surface area contributed by atoms with Crippen LogP contribution in [0, 0.1) is 13.8 Å². The summed E-state index contributed by atoms with van der Waals surface area (Å²) in [6.45, 7) is 6.94. The average Bonchev–Trinajstić information content (AvgIpc) is 2.96. The lowest BCUT2D eigenvalue weighted by Gasteiger charge is -2.11. The molecule has 0 atom stereocenters. The van der Waals surface area contributed by atoms with E-state index < -0.39 is 0 Å². The van der Waals surface area contributed by atoms with E-state index in [1.54, 1.807) is 0 Å². The Morgan fingerprint density at radius 3 is 2.57 bits per heavy atom. The van der Waals surface area contributed by atoms with Gasteiger partial charge in [0.1, 0.15) is 0 Å². The van der Waals surface area contributed by atoms with Crippen molar-refractivity contribution < 1.29 is 9.53 Å². The van der Waals surface area contributed by atoms with Gasteiger partial charge in [-0.2, -0.15) is 5.10 Å². The second-order valence-electron chi connectivity index (χ2n) is 6.56. The lowest BCUT2D eigenvalue weighted by Crippen LogP contribution is -2.16. The minimum atomic E-state index is -0.0780. The van der Waals surface area contributed by atoms with E-state index in [1.807, 2.05) is 74.0 Å². The Morgan fingerprint density at radius 1 is 1.14 bits per heavy atom. The van der Waals surface area contributed by atoms with Gasteiger partial charge in [0.2, 0.25) is 5.91 Å². The molecule has 0 unspecified atom stereocenters. The highest BCUT2D eigenvalue weighted by molar-refractivity contribution is 6.30. The Hall–Kier alpha value is -2.63. The molecule has 146 valence electrons. The second kappa shape index (κ2) is 9.04. The summed E-state index contributed by atoms with van der Waals surface area (Å²) in [5.41, 5.74) is 5.36. The lowest BCUT2D eigenvalue weighted by molar-refractivity contribution is -0.115. The van der Waals surface area contributed by atoms with Gasteiger partial charge < -0.3 is 10.1 Å². The Kier molecular flexibility index (Phi) is 6.49. The van der Waals surface area contributed by atoms with Crippen molar-refractivity contribution in [3.63, 3.8) is 0 Å². The third-order valence-electron chi connectivity index (χ3n) is 4.60. The maximum Gasteiger partial charge on any atom is 0.228 e. The quantitative estimate of drug-likeness (QED) is 0.619. The number of carbonyl (C=O) groups is 1. The summed E-state index contributed by atoms with van der Waals surface area (Å²) in [7, 11) is 0. The van der Waals surface area contributed by atoms with E-state index in [-0.39, 0.29) is 12.3 Å². The van der Waals surface area contributed by atoms with Gasteiger partial charge in [-0.25, -0.2) is 4.68 Å². The molecule has 1 aromatic heterocycles. The van der Waals surface area contributed by atoms with Gasteiger partial charge in [-0.15, -0.1) is 0 Å². The van der Waals surface area contributed by atoms with Crippen molar-refractivity contribution >= 4 is 23.2 Å². The summed E-state index contributed by atoms with van der Waals surface area (Å²) < 4.78 is 7.33. The van der Waals surface area contributed by atoms with Crippen LogP contribution >= 0.6 is 11.6 Å². The highest BCUT2D eigenvalue weighted by atomic mass is 35.5. The van der Waals surface area contributed by atoms with Crippen LogP contribution < -0.4 is 5.32 Å². The largest absolute Gasteiger partial charge is 0.377 e. The molecule has 0 radical (unpaired) electrons. The van der Waals surface area contributed by atoms with Gasteiger partial charge >= 0.3 is 0 Å². The number of nitrogens with one attached hydrogen (secondary N) is 1. The highest BCUT2D eigenvalue weighted by Gasteiger charge is 2.17. The van der Waals surface area contributed by atoms with Crippen LogP contribution in [0.3, 0.4) is 0 Å². The number of hydrogen-bond donors (Lipinski definition) is 1. The van der Waals surface area contributed by atoms with E-state index in [0.717, 1.165) is 33.9 Å². The summed E-state index contributed by atoms with van der Waals surface area (Å²) in [6, 6.07) is 15.2.